The third-order valence-electron chi connectivity index (χ3n) is 2.24. The second-order valence-corrected chi connectivity index (χ2v) is 3.85. The average molecular weight is 242 g/mol. The van der Waals surface area contributed by atoms with E-state index < -0.39 is 0 Å². The summed E-state index contributed by atoms with van der Waals surface area (Å²) in [6.45, 7) is 2.61. The van der Waals surface area contributed by atoms with Gasteiger partial charge in [0.25, 0.3) is 0 Å². The molecule has 0 atom stereocenters. The van der Waals surface area contributed by atoms with Crippen LogP contribution in [0.2, 0.25) is 0 Å². The first-order valence-electron chi connectivity index (χ1n) is 5.11. The number of anilines is 1. The SMILES string of the molecule is COCCc1ccc(C)cc1NC(=O)CCl. The van der Waals surface area contributed by atoms with Gasteiger partial charge in [-0.2, -0.15) is 0 Å². The summed E-state index contributed by atoms with van der Waals surface area (Å²) < 4.78 is 5.02. The quantitative estimate of drug-likeness (QED) is 0.804. The van der Waals surface area contributed by atoms with Crippen LogP contribution in [0.4, 0.5) is 5.69 Å². The van der Waals surface area contributed by atoms with Crippen molar-refractivity contribution in [1.82, 2.24) is 0 Å². The molecule has 0 bridgehead atoms. The minimum absolute atomic E-state index is 0.0301. The molecule has 0 fully saturated rings. The first-order chi connectivity index (χ1) is 7.67. The predicted octanol–water partition coefficient (Wildman–Crippen LogP) is 2.36. The highest BCUT2D eigenvalue weighted by Crippen LogP contribution is 2.18. The minimum atomic E-state index is -0.189. The number of alkyl halides is 1. The number of nitrogens with one attached hydrogen (secondary N) is 1. The number of ether oxygens (including phenoxy) is 1. The Morgan fingerprint density at radius 1 is 1.50 bits per heavy atom. The molecule has 0 saturated carbocycles. The molecule has 0 saturated heterocycles. The normalized spacial score (nSPS) is 10.2. The maximum Gasteiger partial charge on any atom is 0.239 e. The number of halogens is 1. The summed E-state index contributed by atoms with van der Waals surface area (Å²) in [5, 5.41) is 2.78. The number of benzene rings is 1. The van der Waals surface area contributed by atoms with Crippen LogP contribution in [0.1, 0.15) is 11.1 Å². The fraction of sp³-hybridized carbons (Fsp3) is 0.417. The Kier molecular flexibility index (Phi) is 5.29. The predicted molar refractivity (Wildman–Crippen MR) is 66.1 cm³/mol. The van der Waals surface area contributed by atoms with Gasteiger partial charge >= 0.3 is 0 Å². The molecule has 1 aromatic carbocycles. The summed E-state index contributed by atoms with van der Waals surface area (Å²) in [4.78, 5) is 11.2. The molecule has 0 spiro atoms. The summed E-state index contributed by atoms with van der Waals surface area (Å²) in [7, 11) is 1.66. The number of rotatable bonds is 5. The number of carbonyl (C=O) groups excluding carboxylic acids is 1. The zero-order chi connectivity index (χ0) is 12.0. The standard InChI is InChI=1S/C12H16ClNO2/c1-9-3-4-10(5-6-16-2)11(7-9)14-12(15)8-13/h3-4,7H,5-6,8H2,1-2H3,(H,14,15). The number of methoxy groups -OCH3 is 1. The van der Waals surface area contributed by atoms with Crippen molar-refractivity contribution in [2.75, 3.05) is 24.9 Å². The van der Waals surface area contributed by atoms with Crippen LogP contribution in [0.25, 0.3) is 0 Å². The van der Waals surface area contributed by atoms with Gasteiger partial charge in [0, 0.05) is 12.8 Å². The van der Waals surface area contributed by atoms with Crippen LogP contribution in [0, 0.1) is 6.92 Å². The summed E-state index contributed by atoms with van der Waals surface area (Å²) >= 11 is 5.46. The number of aryl methyl sites for hydroxylation is 1. The van der Waals surface area contributed by atoms with Crippen molar-refractivity contribution in [1.29, 1.82) is 0 Å². The average Bonchev–Trinajstić information content (AvgIpc) is 2.28. The molecule has 0 aliphatic carbocycles. The Morgan fingerprint density at radius 3 is 2.88 bits per heavy atom. The fourth-order valence-corrected chi connectivity index (χ4v) is 1.49. The maximum absolute atomic E-state index is 11.2. The molecule has 0 radical (unpaired) electrons. The molecule has 3 nitrogen and oxygen atoms in total. The van der Waals surface area contributed by atoms with Crippen LogP contribution in [-0.2, 0) is 16.0 Å². The molecule has 1 amide bonds. The van der Waals surface area contributed by atoms with E-state index in [2.05, 4.69) is 5.32 Å². The van der Waals surface area contributed by atoms with Crippen molar-refractivity contribution in [3.05, 3.63) is 29.3 Å². The highest BCUT2D eigenvalue weighted by molar-refractivity contribution is 6.29. The molecule has 0 unspecified atom stereocenters. The maximum atomic E-state index is 11.2. The Hall–Kier alpha value is -1.06. The second-order valence-electron chi connectivity index (χ2n) is 3.59. The Balaban J connectivity index is 2.84. The van der Waals surface area contributed by atoms with E-state index in [0.717, 1.165) is 23.2 Å². The molecule has 4 heteroatoms. The van der Waals surface area contributed by atoms with Crippen molar-refractivity contribution in [2.45, 2.75) is 13.3 Å². The highest BCUT2D eigenvalue weighted by Gasteiger charge is 2.06. The van der Waals surface area contributed by atoms with Crippen molar-refractivity contribution in [3.63, 3.8) is 0 Å². The van der Waals surface area contributed by atoms with Gasteiger partial charge in [-0.15, -0.1) is 11.6 Å². The van der Waals surface area contributed by atoms with E-state index in [4.69, 9.17) is 16.3 Å². The lowest BCUT2D eigenvalue weighted by molar-refractivity contribution is -0.113. The zero-order valence-electron chi connectivity index (χ0n) is 9.55. The summed E-state index contributed by atoms with van der Waals surface area (Å²) in [5.74, 6) is -0.219. The Labute approximate surface area is 101 Å². The van der Waals surface area contributed by atoms with Crippen LogP contribution in [0.5, 0.6) is 0 Å². The van der Waals surface area contributed by atoms with Gasteiger partial charge in [-0.05, 0) is 30.5 Å². The third-order valence-corrected chi connectivity index (χ3v) is 2.48. The van der Waals surface area contributed by atoms with Gasteiger partial charge in [-0.25, -0.2) is 0 Å². The summed E-state index contributed by atoms with van der Waals surface area (Å²) in [6.07, 6.45) is 0.772. The number of carbonyl (C=O) groups is 1. The first-order valence-corrected chi connectivity index (χ1v) is 5.65. The molecule has 0 aliphatic rings. The van der Waals surface area contributed by atoms with Crippen LogP contribution in [0.15, 0.2) is 18.2 Å². The second kappa shape index (κ2) is 6.51. The van der Waals surface area contributed by atoms with E-state index in [1.54, 1.807) is 7.11 Å². The van der Waals surface area contributed by atoms with Crippen molar-refractivity contribution in [2.24, 2.45) is 0 Å². The summed E-state index contributed by atoms with van der Waals surface area (Å²) in [6, 6.07) is 5.95. The largest absolute Gasteiger partial charge is 0.384 e. The van der Waals surface area contributed by atoms with Crippen LogP contribution in [0.3, 0.4) is 0 Å². The molecule has 0 aromatic heterocycles. The fourth-order valence-electron chi connectivity index (χ4n) is 1.42. The molecular formula is C12H16ClNO2. The first kappa shape index (κ1) is 13.0. The van der Waals surface area contributed by atoms with Crippen molar-refractivity contribution < 1.29 is 9.53 Å². The lowest BCUT2D eigenvalue weighted by Crippen LogP contribution is -2.14. The van der Waals surface area contributed by atoms with E-state index in [1.165, 1.54) is 0 Å². The van der Waals surface area contributed by atoms with Gasteiger partial charge in [-0.1, -0.05) is 12.1 Å². The number of hydrogen-bond acceptors (Lipinski definition) is 2. The molecule has 0 heterocycles. The van der Waals surface area contributed by atoms with Gasteiger partial charge in [-0.3, -0.25) is 4.79 Å². The molecule has 16 heavy (non-hydrogen) atoms. The molecule has 1 aromatic rings. The van der Waals surface area contributed by atoms with Crippen LogP contribution >= 0.6 is 11.6 Å². The number of amides is 1. The minimum Gasteiger partial charge on any atom is -0.384 e. The monoisotopic (exact) mass is 241 g/mol. The van der Waals surface area contributed by atoms with Gasteiger partial charge in [0.15, 0.2) is 0 Å². The molecule has 1 N–H and O–H groups in total. The topological polar surface area (TPSA) is 38.3 Å². The van der Waals surface area contributed by atoms with E-state index in [0.29, 0.717) is 6.61 Å². The van der Waals surface area contributed by atoms with Crippen molar-refractivity contribution in [3.8, 4) is 0 Å². The van der Waals surface area contributed by atoms with E-state index in [-0.39, 0.29) is 11.8 Å². The molecule has 0 aliphatic heterocycles. The number of hydrogen-bond donors (Lipinski definition) is 1. The van der Waals surface area contributed by atoms with Crippen LogP contribution < -0.4 is 5.32 Å². The summed E-state index contributed by atoms with van der Waals surface area (Å²) in [5.41, 5.74) is 2.99. The lowest BCUT2D eigenvalue weighted by Gasteiger charge is -2.11. The van der Waals surface area contributed by atoms with E-state index in [1.807, 2.05) is 25.1 Å². The Morgan fingerprint density at radius 2 is 2.25 bits per heavy atom. The van der Waals surface area contributed by atoms with Crippen molar-refractivity contribution >= 4 is 23.2 Å². The Bertz CT molecular complexity index is 366. The van der Waals surface area contributed by atoms with Crippen LogP contribution in [-0.4, -0.2) is 25.5 Å². The van der Waals surface area contributed by atoms with E-state index >= 15 is 0 Å². The van der Waals surface area contributed by atoms with Gasteiger partial charge < -0.3 is 10.1 Å². The molecule has 88 valence electrons. The van der Waals surface area contributed by atoms with Gasteiger partial charge in [0.05, 0.1) is 6.61 Å². The van der Waals surface area contributed by atoms with Gasteiger partial charge in [0.2, 0.25) is 5.91 Å². The smallest absolute Gasteiger partial charge is 0.239 e. The van der Waals surface area contributed by atoms with Gasteiger partial charge in [0.1, 0.15) is 5.88 Å². The van der Waals surface area contributed by atoms with E-state index in [9.17, 15) is 4.79 Å². The lowest BCUT2D eigenvalue weighted by atomic mass is 10.1. The molecule has 1 rings (SSSR count). The highest BCUT2D eigenvalue weighted by atomic mass is 35.5. The zero-order valence-corrected chi connectivity index (χ0v) is 10.3. The third kappa shape index (κ3) is 3.83. The molecular weight excluding hydrogens is 226 g/mol.